The first-order valence-electron chi connectivity index (χ1n) is 17.5. The fourth-order valence-corrected chi connectivity index (χ4v) is 6.89. The van der Waals surface area contributed by atoms with Gasteiger partial charge >= 0.3 is 0 Å². The maximum atomic E-state index is 6.47. The fourth-order valence-electron chi connectivity index (χ4n) is 6.89. The molecule has 0 spiro atoms. The zero-order chi connectivity index (χ0) is 35.1. The predicted octanol–water partition coefficient (Wildman–Crippen LogP) is 9.54. The summed E-state index contributed by atoms with van der Waals surface area (Å²) in [5, 5.41) is 0. The third-order valence-corrected chi connectivity index (χ3v) is 9.87. The summed E-state index contributed by atoms with van der Waals surface area (Å²) in [6.07, 6.45) is 3.80. The largest absolute Gasteiger partial charge is 0.503 e. The first-order chi connectivity index (χ1) is 24.9. The van der Waals surface area contributed by atoms with Crippen molar-refractivity contribution >= 4 is 23.1 Å². The van der Waals surface area contributed by atoms with Crippen LogP contribution in [0.4, 0.5) is 0 Å². The zero-order valence-electron chi connectivity index (χ0n) is 29.8. The number of hydrogen-bond acceptors (Lipinski definition) is 4. The molecule has 0 saturated carbocycles. The number of aromatic nitrogens is 2. The van der Waals surface area contributed by atoms with Crippen molar-refractivity contribution in [2.75, 3.05) is 0 Å². The molecule has 0 bridgehead atoms. The molecule has 0 aliphatic carbocycles. The minimum Gasteiger partial charge on any atom is -0.503 e. The van der Waals surface area contributed by atoms with E-state index in [-0.39, 0.29) is 26.8 Å². The molecule has 9 rings (SSSR count). The molecule has 0 atom stereocenters. The van der Waals surface area contributed by atoms with Crippen LogP contribution in [-0.4, -0.2) is 16.7 Å². The van der Waals surface area contributed by atoms with Crippen molar-refractivity contribution in [1.82, 2.24) is 9.97 Å². The van der Waals surface area contributed by atoms with E-state index in [1.54, 1.807) is 0 Å². The van der Waals surface area contributed by atoms with Gasteiger partial charge in [-0.1, -0.05) is 110 Å². The van der Waals surface area contributed by atoms with Crippen LogP contribution in [0.2, 0.25) is 0 Å². The summed E-state index contributed by atoms with van der Waals surface area (Å²) >= 11 is 0. The minimum absolute atomic E-state index is 0. The molecule has 2 aliphatic heterocycles. The summed E-state index contributed by atoms with van der Waals surface area (Å²) < 4.78 is 12.7. The molecule has 52 heavy (non-hydrogen) atoms. The number of pyridine rings is 2. The molecule has 0 amide bonds. The average Bonchev–Trinajstić information content (AvgIpc) is 3.16. The van der Waals surface area contributed by atoms with Crippen molar-refractivity contribution in [1.29, 1.82) is 0 Å². The molecule has 2 aromatic heterocycles. The molecule has 0 unspecified atom stereocenters. The number of hydrogen-bond donors (Lipinski definition) is 0. The Morgan fingerprint density at radius 2 is 1.40 bits per heavy atom. The van der Waals surface area contributed by atoms with Crippen molar-refractivity contribution in [2.24, 2.45) is 0 Å². The summed E-state index contributed by atoms with van der Waals surface area (Å²) in [5.74, 6) is 3.85. The summed E-state index contributed by atoms with van der Waals surface area (Å²) in [4.78, 5) is 9.19. The third-order valence-electron chi connectivity index (χ3n) is 9.87. The van der Waals surface area contributed by atoms with Gasteiger partial charge in [0.1, 0.15) is 17.2 Å². The smallest absolute Gasteiger partial charge is 0.241 e. The topological polar surface area (TPSA) is 44.2 Å². The second-order valence-corrected chi connectivity index (χ2v) is 13.6. The van der Waals surface area contributed by atoms with E-state index in [1.807, 2.05) is 54.9 Å². The summed E-state index contributed by atoms with van der Waals surface area (Å²) in [5.41, 5.74) is 14.6. The van der Waals surface area contributed by atoms with Crippen LogP contribution >= 0.6 is 0 Å². The van der Waals surface area contributed by atoms with Crippen LogP contribution in [0.5, 0.6) is 23.0 Å². The molecular formula is C46H37BIrN2O2-2. The number of benzene rings is 5. The molecule has 6 heteroatoms. The van der Waals surface area contributed by atoms with Gasteiger partial charge in [0, 0.05) is 43.7 Å². The third kappa shape index (κ3) is 6.61. The maximum Gasteiger partial charge on any atom is 0.241 e. The van der Waals surface area contributed by atoms with Gasteiger partial charge in [0.05, 0.1) is 0 Å². The SMILES string of the molecule is CC(C)c1ccnc(-c2[c-]ccc3c2Oc2cccc4c2B3c2ccccc2O4)c1.Cc1cnc(-c2[c-]cc(C)c(-c3ccccc3)c2)cc1C.[Ir]. The summed E-state index contributed by atoms with van der Waals surface area (Å²) in [6.45, 7) is 10.8. The predicted molar refractivity (Wildman–Crippen MR) is 208 cm³/mol. The Kier molecular flexibility index (Phi) is 9.97. The first kappa shape index (κ1) is 35.1. The number of ether oxygens (including phenoxy) is 2. The standard InChI is InChI=1S/C26H19BNO2.C20H18N.Ir/c1-16(2)17-13-14-28-21(15-17)18-7-5-9-20-26(18)30-24-12-6-11-23-25(24)27(20)19-8-3-4-10-22(19)29-23;1-14-9-10-18(20-11-15(2)16(3)13-21-20)12-19(14)17-7-5-4-6-8-17;/h3-6,8-16H,1-2H3;4-9,11-13H,1-3H3;/q2*-1;. The van der Waals surface area contributed by atoms with Gasteiger partial charge in [-0.25, -0.2) is 0 Å². The van der Waals surface area contributed by atoms with E-state index in [0.29, 0.717) is 5.92 Å². The molecule has 7 aromatic rings. The van der Waals surface area contributed by atoms with Crippen molar-refractivity contribution in [3.05, 3.63) is 162 Å². The zero-order valence-corrected chi connectivity index (χ0v) is 32.2. The van der Waals surface area contributed by atoms with Crippen LogP contribution in [0.1, 0.15) is 42.0 Å². The van der Waals surface area contributed by atoms with E-state index in [0.717, 1.165) is 61.9 Å². The van der Waals surface area contributed by atoms with Gasteiger partial charge in [-0.15, -0.1) is 53.0 Å². The molecule has 4 heterocycles. The Bertz CT molecular complexity index is 2410. The van der Waals surface area contributed by atoms with Gasteiger partial charge in [0.15, 0.2) is 0 Å². The van der Waals surface area contributed by atoms with Crippen LogP contribution in [0.15, 0.2) is 128 Å². The first-order valence-corrected chi connectivity index (χ1v) is 17.5. The molecule has 0 fully saturated rings. The van der Waals surface area contributed by atoms with Gasteiger partial charge in [-0.05, 0) is 72.0 Å². The maximum absolute atomic E-state index is 6.47. The van der Waals surface area contributed by atoms with E-state index in [4.69, 9.17) is 9.47 Å². The number of fused-ring (bicyclic) bond motifs is 4. The van der Waals surface area contributed by atoms with Crippen molar-refractivity contribution in [3.63, 3.8) is 0 Å². The molecule has 0 N–H and O–H groups in total. The monoisotopic (exact) mass is 853 g/mol. The number of para-hydroxylation sites is 1. The second kappa shape index (κ2) is 14.8. The number of nitrogens with zero attached hydrogens (tertiary/aromatic N) is 2. The molecule has 1 radical (unpaired) electrons. The van der Waals surface area contributed by atoms with Crippen LogP contribution < -0.4 is 25.9 Å². The molecule has 257 valence electrons. The van der Waals surface area contributed by atoms with E-state index in [2.05, 4.69) is 130 Å². The Hall–Kier alpha value is -5.29. The fraction of sp³-hybridized carbons (Fsp3) is 0.130. The van der Waals surface area contributed by atoms with Gasteiger partial charge in [0.25, 0.3) is 0 Å². The van der Waals surface area contributed by atoms with Gasteiger partial charge < -0.3 is 19.4 Å². The van der Waals surface area contributed by atoms with E-state index < -0.39 is 0 Å². The summed E-state index contributed by atoms with van der Waals surface area (Å²) in [7, 11) is 0. The summed E-state index contributed by atoms with van der Waals surface area (Å²) in [6, 6.07) is 46.1. The quantitative estimate of drug-likeness (QED) is 0.131. The van der Waals surface area contributed by atoms with E-state index in [9.17, 15) is 0 Å². The second-order valence-electron chi connectivity index (χ2n) is 13.6. The molecule has 5 aromatic carbocycles. The number of rotatable bonds is 4. The molecule has 4 nitrogen and oxygen atoms in total. The number of aryl methyl sites for hydroxylation is 3. The molecular weight excluding hydrogens is 816 g/mol. The Balaban J connectivity index is 0.000000169. The van der Waals surface area contributed by atoms with Crippen LogP contribution in [-0.2, 0) is 20.1 Å². The van der Waals surface area contributed by atoms with Crippen molar-refractivity contribution < 1.29 is 29.6 Å². The van der Waals surface area contributed by atoms with Crippen LogP contribution in [0.3, 0.4) is 0 Å². The van der Waals surface area contributed by atoms with Crippen molar-refractivity contribution in [3.8, 4) is 56.6 Å². The Morgan fingerprint density at radius 1 is 0.654 bits per heavy atom. The van der Waals surface area contributed by atoms with Gasteiger partial charge in [0.2, 0.25) is 6.71 Å². The van der Waals surface area contributed by atoms with E-state index in [1.165, 1.54) is 33.4 Å². The average molecular weight is 853 g/mol. The Labute approximate surface area is 320 Å². The molecule has 2 aliphatic rings. The van der Waals surface area contributed by atoms with Gasteiger partial charge in [-0.2, -0.15) is 0 Å². The van der Waals surface area contributed by atoms with Gasteiger partial charge in [-0.3, -0.25) is 0 Å². The molecule has 0 saturated heterocycles. The van der Waals surface area contributed by atoms with Crippen LogP contribution in [0.25, 0.3) is 33.6 Å². The van der Waals surface area contributed by atoms with E-state index >= 15 is 0 Å². The minimum atomic E-state index is 0. The Morgan fingerprint density at radius 3 is 2.19 bits per heavy atom. The van der Waals surface area contributed by atoms with Crippen molar-refractivity contribution in [2.45, 2.75) is 40.5 Å². The normalized spacial score (nSPS) is 11.8. The van der Waals surface area contributed by atoms with Crippen LogP contribution in [0, 0.1) is 32.9 Å².